The van der Waals surface area contributed by atoms with Gasteiger partial charge in [0, 0.05) is 0 Å². The number of aliphatic hydroxyl groups is 2. The molecule has 0 amide bonds. The number of phenols is 1. The topological polar surface area (TPSA) is 166 Å². The minimum Gasteiger partial charge on any atom is -0.508 e. The van der Waals surface area contributed by atoms with Gasteiger partial charge in [-0.2, -0.15) is 0 Å². The molecule has 2 atom stereocenters. The van der Waals surface area contributed by atoms with Gasteiger partial charge in [0.25, 0.3) is 0 Å². The van der Waals surface area contributed by atoms with Crippen molar-refractivity contribution in [1.29, 1.82) is 0 Å². The van der Waals surface area contributed by atoms with E-state index in [1.807, 2.05) is 13.8 Å². The second-order valence-electron chi connectivity index (χ2n) is 10.2. The van der Waals surface area contributed by atoms with Crippen LogP contribution in [0.3, 0.4) is 0 Å². The molecule has 2 rings (SSSR count). The first-order valence-electron chi connectivity index (χ1n) is 13.3. The number of esters is 4. The summed E-state index contributed by atoms with van der Waals surface area (Å²) in [7, 11) is 0. The number of hydrogen-bond acceptors (Lipinski definition) is 11. The number of carbonyl (C=O) groups excluding carboxylic acids is 4. The highest BCUT2D eigenvalue weighted by Crippen LogP contribution is 2.24. The molecule has 2 aromatic rings. The fourth-order valence-corrected chi connectivity index (χ4v) is 3.26. The number of rotatable bonds is 14. The summed E-state index contributed by atoms with van der Waals surface area (Å²) < 4.78 is 20.7. The number of carbonyl (C=O) groups is 4. The molecule has 0 aliphatic rings. The molecule has 0 aliphatic heterocycles. The molecule has 0 aromatic heterocycles. The summed E-state index contributed by atoms with van der Waals surface area (Å²) in [6.07, 6.45) is -0.991. The summed E-state index contributed by atoms with van der Waals surface area (Å²) in [5.74, 6) is -3.48. The number of benzene rings is 2. The summed E-state index contributed by atoms with van der Waals surface area (Å²) in [6, 6.07) is 8.92. The van der Waals surface area contributed by atoms with Crippen LogP contribution in [0.1, 0.15) is 88.9 Å². The highest BCUT2D eigenvalue weighted by molar-refractivity contribution is 5.96. The Morgan fingerprint density at radius 3 is 1.56 bits per heavy atom. The molecular weight excluding hydrogens is 536 g/mol. The largest absolute Gasteiger partial charge is 0.508 e. The van der Waals surface area contributed by atoms with Gasteiger partial charge in [-0.25, -0.2) is 19.2 Å². The molecule has 2 unspecified atom stereocenters. The minimum absolute atomic E-state index is 0.0352. The Labute approximate surface area is 239 Å². The van der Waals surface area contributed by atoms with Crippen LogP contribution < -0.4 is 0 Å². The van der Waals surface area contributed by atoms with Crippen molar-refractivity contribution in [2.24, 2.45) is 5.92 Å². The lowest BCUT2D eigenvalue weighted by Crippen LogP contribution is -2.30. The summed E-state index contributed by atoms with van der Waals surface area (Å²) >= 11 is 0. The molecule has 11 heteroatoms. The van der Waals surface area contributed by atoms with Crippen LogP contribution in [0.15, 0.2) is 42.5 Å². The van der Waals surface area contributed by atoms with Crippen LogP contribution in [0.25, 0.3) is 0 Å². The third-order valence-corrected chi connectivity index (χ3v) is 6.55. The zero-order valence-electron chi connectivity index (χ0n) is 23.9. The summed E-state index contributed by atoms with van der Waals surface area (Å²) in [5.41, 5.74) is -0.580. The van der Waals surface area contributed by atoms with Gasteiger partial charge in [0.05, 0.1) is 28.4 Å². The maximum absolute atomic E-state index is 12.6. The molecule has 0 aliphatic carbocycles. The third-order valence-electron chi connectivity index (χ3n) is 6.55. The highest BCUT2D eigenvalue weighted by Gasteiger charge is 2.26. The van der Waals surface area contributed by atoms with Gasteiger partial charge >= 0.3 is 23.9 Å². The van der Waals surface area contributed by atoms with Gasteiger partial charge < -0.3 is 34.3 Å². The summed E-state index contributed by atoms with van der Waals surface area (Å²) in [6.45, 7) is 7.94. The minimum atomic E-state index is -1.36. The van der Waals surface area contributed by atoms with E-state index in [2.05, 4.69) is 0 Å². The van der Waals surface area contributed by atoms with Gasteiger partial charge in [0.2, 0.25) is 0 Å². The van der Waals surface area contributed by atoms with Crippen molar-refractivity contribution in [3.8, 4) is 5.75 Å². The molecule has 224 valence electrons. The van der Waals surface area contributed by atoms with Gasteiger partial charge in [-0.05, 0) is 68.1 Å². The molecule has 0 fully saturated rings. The Morgan fingerprint density at radius 2 is 1.12 bits per heavy atom. The van der Waals surface area contributed by atoms with Crippen molar-refractivity contribution in [2.45, 2.75) is 65.3 Å². The van der Waals surface area contributed by atoms with E-state index in [0.29, 0.717) is 12.8 Å². The molecule has 11 nitrogen and oxygen atoms in total. The Morgan fingerprint density at radius 1 is 0.707 bits per heavy atom. The van der Waals surface area contributed by atoms with Gasteiger partial charge in [0.15, 0.2) is 0 Å². The Bertz CT molecular complexity index is 1200. The number of ether oxygens (including phenoxy) is 4. The van der Waals surface area contributed by atoms with E-state index in [4.69, 9.17) is 18.9 Å². The predicted molar refractivity (Wildman–Crippen MR) is 147 cm³/mol. The van der Waals surface area contributed by atoms with Gasteiger partial charge in [-0.15, -0.1) is 0 Å². The molecule has 0 heterocycles. The van der Waals surface area contributed by atoms with Crippen molar-refractivity contribution in [3.63, 3.8) is 0 Å². The normalized spacial score (nSPS) is 12.8. The Hall–Kier alpha value is -3.96. The van der Waals surface area contributed by atoms with Crippen LogP contribution >= 0.6 is 0 Å². The Balaban J connectivity index is 1.87. The SMILES string of the molecule is CCC(C)(CC)OC(=O)c1cc(O)cc(C(=O)OCC(O)COC(=O)c2ccc(C(=O)OCC(O)C(C)C)cc2)c1. The van der Waals surface area contributed by atoms with Crippen LogP contribution in [-0.2, 0) is 18.9 Å². The first-order chi connectivity index (χ1) is 19.3. The van der Waals surface area contributed by atoms with Crippen molar-refractivity contribution in [2.75, 3.05) is 19.8 Å². The van der Waals surface area contributed by atoms with Crippen molar-refractivity contribution >= 4 is 23.9 Å². The summed E-state index contributed by atoms with van der Waals surface area (Å²) in [5, 5.41) is 29.9. The van der Waals surface area contributed by atoms with Crippen molar-refractivity contribution in [3.05, 3.63) is 64.7 Å². The zero-order valence-corrected chi connectivity index (χ0v) is 23.9. The van der Waals surface area contributed by atoms with Crippen molar-refractivity contribution in [1.82, 2.24) is 0 Å². The van der Waals surface area contributed by atoms with Crippen LogP contribution in [0.2, 0.25) is 0 Å². The second kappa shape index (κ2) is 15.2. The Kier molecular flexibility index (Phi) is 12.3. The fraction of sp³-hybridized carbons (Fsp3) is 0.467. The van der Waals surface area contributed by atoms with E-state index in [0.717, 1.165) is 6.07 Å². The van der Waals surface area contributed by atoms with E-state index in [1.165, 1.54) is 36.4 Å². The number of aromatic hydroxyl groups is 1. The third kappa shape index (κ3) is 10.2. The zero-order chi connectivity index (χ0) is 30.7. The lowest BCUT2D eigenvalue weighted by molar-refractivity contribution is -0.0131. The molecule has 0 saturated carbocycles. The van der Waals surface area contributed by atoms with Crippen LogP contribution in [0, 0.1) is 5.92 Å². The lowest BCUT2D eigenvalue weighted by atomic mass is 10.00. The predicted octanol–water partition coefficient (Wildman–Crippen LogP) is 3.68. The first-order valence-corrected chi connectivity index (χ1v) is 13.3. The monoisotopic (exact) mass is 574 g/mol. The molecule has 0 bridgehead atoms. The molecule has 0 saturated heterocycles. The first kappa shape index (κ1) is 33.2. The van der Waals surface area contributed by atoms with Crippen LogP contribution in [0.5, 0.6) is 5.75 Å². The average Bonchev–Trinajstić information content (AvgIpc) is 2.96. The number of phenolic OH excluding ortho intramolecular Hbond substituents is 1. The van der Waals surface area contributed by atoms with Gasteiger partial charge in [0.1, 0.15) is 37.3 Å². The average molecular weight is 575 g/mol. The second-order valence-corrected chi connectivity index (χ2v) is 10.2. The molecule has 41 heavy (non-hydrogen) atoms. The molecular formula is C30H38O11. The summed E-state index contributed by atoms with van der Waals surface area (Å²) in [4.78, 5) is 49.4. The maximum atomic E-state index is 12.6. The van der Waals surface area contributed by atoms with E-state index < -0.39 is 54.9 Å². The van der Waals surface area contributed by atoms with E-state index >= 15 is 0 Å². The lowest BCUT2D eigenvalue weighted by Gasteiger charge is -2.27. The molecule has 3 N–H and O–H groups in total. The molecule has 0 radical (unpaired) electrons. The number of hydrogen-bond donors (Lipinski definition) is 3. The quantitative estimate of drug-likeness (QED) is 0.223. The van der Waals surface area contributed by atoms with Crippen LogP contribution in [-0.4, -0.2) is 76.8 Å². The van der Waals surface area contributed by atoms with Gasteiger partial charge in [-0.1, -0.05) is 27.7 Å². The van der Waals surface area contributed by atoms with E-state index in [-0.39, 0.29) is 40.5 Å². The maximum Gasteiger partial charge on any atom is 0.338 e. The fourth-order valence-electron chi connectivity index (χ4n) is 3.26. The molecule has 0 spiro atoms. The van der Waals surface area contributed by atoms with Crippen LogP contribution in [0.4, 0.5) is 0 Å². The van der Waals surface area contributed by atoms with Crippen molar-refractivity contribution < 1.29 is 53.4 Å². The van der Waals surface area contributed by atoms with E-state index in [9.17, 15) is 34.5 Å². The molecule has 2 aromatic carbocycles. The standard InChI is InChI=1S/C30H38O11/c1-6-30(5,7-2)41-29(37)22-12-21(13-23(31)14-22)28(36)39-16-24(32)15-38-26(34)19-8-10-20(11-9-19)27(35)40-17-25(33)18(3)4/h8-14,18,24-25,31-33H,6-7,15-17H2,1-5H3. The highest BCUT2D eigenvalue weighted by atomic mass is 16.6. The van der Waals surface area contributed by atoms with Gasteiger partial charge in [-0.3, -0.25) is 0 Å². The smallest absolute Gasteiger partial charge is 0.338 e. The van der Waals surface area contributed by atoms with E-state index in [1.54, 1.807) is 20.8 Å². The number of aliphatic hydroxyl groups excluding tert-OH is 2.